The van der Waals surface area contributed by atoms with Gasteiger partial charge < -0.3 is 4.74 Å². The van der Waals surface area contributed by atoms with Crippen molar-refractivity contribution in [3.05, 3.63) is 29.8 Å². The van der Waals surface area contributed by atoms with Crippen molar-refractivity contribution in [3.63, 3.8) is 0 Å². The minimum atomic E-state index is 0.0600. The van der Waals surface area contributed by atoms with Gasteiger partial charge in [0, 0.05) is 5.56 Å². The molecule has 0 aliphatic carbocycles. The number of thioether (sulfide) groups is 2. The van der Waals surface area contributed by atoms with Gasteiger partial charge in [0.05, 0.1) is 12.9 Å². The van der Waals surface area contributed by atoms with Gasteiger partial charge in [-0.1, -0.05) is 47.0 Å². The average Bonchev–Trinajstić information content (AvgIpc) is 2.93. The molecule has 0 unspecified atom stereocenters. The fourth-order valence-corrected chi connectivity index (χ4v) is 3.68. The number of carbonyl (C=O) groups is 1. The maximum atomic E-state index is 12.0. The van der Waals surface area contributed by atoms with Gasteiger partial charge in [0.2, 0.25) is 0 Å². The molecule has 0 bridgehead atoms. The van der Waals surface area contributed by atoms with Crippen LogP contribution in [0.4, 0.5) is 0 Å². The number of Topliss-reactive ketones (excluding diaryl/α,β-unsaturated/α-hetero) is 1. The van der Waals surface area contributed by atoms with Crippen LogP contribution < -0.4 is 4.74 Å². The van der Waals surface area contributed by atoms with Crippen LogP contribution in [-0.4, -0.2) is 35.1 Å². The number of benzene rings is 1. The number of rotatable bonds is 6. The van der Waals surface area contributed by atoms with Gasteiger partial charge >= 0.3 is 0 Å². The van der Waals surface area contributed by atoms with E-state index in [-0.39, 0.29) is 5.78 Å². The minimum Gasteiger partial charge on any atom is -0.497 e. The third-order valence-electron chi connectivity index (χ3n) is 2.28. The summed E-state index contributed by atoms with van der Waals surface area (Å²) in [6.07, 6.45) is 1.95. The van der Waals surface area contributed by atoms with Crippen molar-refractivity contribution < 1.29 is 9.53 Å². The molecule has 0 radical (unpaired) electrons. The number of hydrogen-bond donors (Lipinski definition) is 0. The van der Waals surface area contributed by atoms with Crippen LogP contribution in [0.15, 0.2) is 32.9 Å². The largest absolute Gasteiger partial charge is 0.497 e. The van der Waals surface area contributed by atoms with Gasteiger partial charge in [-0.25, -0.2) is 0 Å². The Morgan fingerprint density at radius 2 is 2.16 bits per heavy atom. The SMILES string of the molecule is COc1cccc(C(=O)CSc2nnc(SC)s2)c1. The van der Waals surface area contributed by atoms with Crippen LogP contribution in [0.5, 0.6) is 5.75 Å². The summed E-state index contributed by atoms with van der Waals surface area (Å²) >= 11 is 4.47. The van der Waals surface area contributed by atoms with Gasteiger partial charge in [-0.2, -0.15) is 0 Å². The van der Waals surface area contributed by atoms with Gasteiger partial charge in [0.15, 0.2) is 14.5 Å². The second kappa shape index (κ2) is 6.93. The number of ketones is 1. The summed E-state index contributed by atoms with van der Waals surface area (Å²) in [5, 5.41) is 8.01. The zero-order chi connectivity index (χ0) is 13.7. The van der Waals surface area contributed by atoms with E-state index in [1.807, 2.05) is 18.4 Å². The predicted molar refractivity (Wildman–Crippen MR) is 79.7 cm³/mol. The number of methoxy groups -OCH3 is 1. The van der Waals surface area contributed by atoms with E-state index in [1.54, 1.807) is 31.0 Å². The molecule has 0 saturated heterocycles. The molecule has 2 rings (SSSR count). The number of nitrogens with zero attached hydrogens (tertiary/aromatic N) is 2. The molecule has 0 fully saturated rings. The monoisotopic (exact) mass is 312 g/mol. The van der Waals surface area contributed by atoms with Crippen molar-refractivity contribution >= 4 is 40.6 Å². The molecule has 0 aliphatic heterocycles. The van der Waals surface area contributed by atoms with E-state index in [0.29, 0.717) is 17.1 Å². The summed E-state index contributed by atoms with van der Waals surface area (Å²) in [6, 6.07) is 7.17. The number of aromatic nitrogens is 2. The lowest BCUT2D eigenvalue weighted by Crippen LogP contribution is -2.02. The molecule has 1 heterocycles. The lowest BCUT2D eigenvalue weighted by Gasteiger charge is -2.02. The molecule has 7 heteroatoms. The average molecular weight is 312 g/mol. The highest BCUT2D eigenvalue weighted by Crippen LogP contribution is 2.28. The molecular weight excluding hydrogens is 300 g/mol. The lowest BCUT2D eigenvalue weighted by atomic mass is 10.1. The molecular formula is C12H12N2O2S3. The van der Waals surface area contributed by atoms with Gasteiger partial charge in [-0.05, 0) is 18.4 Å². The molecule has 0 spiro atoms. The van der Waals surface area contributed by atoms with Crippen molar-refractivity contribution in [2.75, 3.05) is 19.1 Å². The Hall–Kier alpha value is -1.05. The van der Waals surface area contributed by atoms with E-state index in [0.717, 1.165) is 8.68 Å². The van der Waals surface area contributed by atoms with Crippen LogP contribution in [-0.2, 0) is 0 Å². The zero-order valence-corrected chi connectivity index (χ0v) is 12.9. The summed E-state index contributed by atoms with van der Waals surface area (Å²) < 4.78 is 6.84. The Bertz CT molecular complexity index is 572. The fourth-order valence-electron chi connectivity index (χ4n) is 1.35. The normalized spacial score (nSPS) is 10.4. The fraction of sp³-hybridized carbons (Fsp3) is 0.250. The molecule has 2 aromatic rings. The predicted octanol–water partition coefficient (Wildman–Crippen LogP) is 3.24. The molecule has 0 atom stereocenters. The Morgan fingerprint density at radius 1 is 1.37 bits per heavy atom. The van der Waals surface area contributed by atoms with E-state index in [1.165, 1.54) is 23.1 Å². The summed E-state index contributed by atoms with van der Waals surface area (Å²) in [6.45, 7) is 0. The highest BCUT2D eigenvalue weighted by atomic mass is 32.2. The quantitative estimate of drug-likeness (QED) is 0.603. The van der Waals surface area contributed by atoms with Crippen molar-refractivity contribution in [3.8, 4) is 5.75 Å². The maximum Gasteiger partial charge on any atom is 0.175 e. The van der Waals surface area contributed by atoms with Crippen LogP contribution in [0.2, 0.25) is 0 Å². The smallest absolute Gasteiger partial charge is 0.175 e. The molecule has 0 N–H and O–H groups in total. The van der Waals surface area contributed by atoms with Crippen LogP contribution in [0, 0.1) is 0 Å². The van der Waals surface area contributed by atoms with Crippen LogP contribution in [0.1, 0.15) is 10.4 Å². The van der Waals surface area contributed by atoms with E-state index in [9.17, 15) is 4.79 Å². The summed E-state index contributed by atoms with van der Waals surface area (Å²) in [5.41, 5.74) is 0.654. The maximum absolute atomic E-state index is 12.0. The molecule has 0 saturated carbocycles. The van der Waals surface area contributed by atoms with Gasteiger partial charge in [-0.3, -0.25) is 4.79 Å². The summed E-state index contributed by atoms with van der Waals surface area (Å²) in [7, 11) is 1.59. The molecule has 100 valence electrons. The molecule has 0 aliphatic rings. The number of hydrogen-bond acceptors (Lipinski definition) is 7. The first-order valence-corrected chi connectivity index (χ1v) is 8.43. The Morgan fingerprint density at radius 3 is 2.84 bits per heavy atom. The van der Waals surface area contributed by atoms with Gasteiger partial charge in [0.25, 0.3) is 0 Å². The molecule has 19 heavy (non-hydrogen) atoms. The Kier molecular flexibility index (Phi) is 5.24. The minimum absolute atomic E-state index is 0.0600. The van der Waals surface area contributed by atoms with E-state index in [2.05, 4.69) is 10.2 Å². The first kappa shape index (κ1) is 14.4. The number of carbonyl (C=O) groups excluding carboxylic acids is 1. The second-order valence-electron chi connectivity index (χ2n) is 3.48. The molecule has 1 aromatic carbocycles. The first-order valence-electron chi connectivity index (χ1n) is 5.40. The standard InChI is InChI=1S/C12H12N2O2S3/c1-16-9-5-3-4-8(6-9)10(15)7-18-12-14-13-11(17-2)19-12/h3-6H,7H2,1-2H3. The molecule has 4 nitrogen and oxygen atoms in total. The first-order chi connectivity index (χ1) is 9.22. The van der Waals surface area contributed by atoms with E-state index in [4.69, 9.17) is 4.74 Å². The van der Waals surface area contributed by atoms with Crippen LogP contribution in [0.3, 0.4) is 0 Å². The summed E-state index contributed by atoms with van der Waals surface area (Å²) in [4.78, 5) is 12.0. The number of ether oxygens (including phenoxy) is 1. The molecule has 0 amide bonds. The van der Waals surface area contributed by atoms with E-state index < -0.39 is 0 Å². The highest BCUT2D eigenvalue weighted by molar-refractivity contribution is 8.03. The zero-order valence-electron chi connectivity index (χ0n) is 10.5. The second-order valence-corrected chi connectivity index (χ2v) is 6.74. The third-order valence-corrected chi connectivity index (χ3v) is 5.31. The lowest BCUT2D eigenvalue weighted by molar-refractivity contribution is 0.102. The third kappa shape index (κ3) is 3.95. The summed E-state index contributed by atoms with van der Waals surface area (Å²) in [5.74, 6) is 1.11. The van der Waals surface area contributed by atoms with Crippen molar-refractivity contribution in [2.45, 2.75) is 8.68 Å². The van der Waals surface area contributed by atoms with E-state index >= 15 is 0 Å². The topological polar surface area (TPSA) is 52.1 Å². The van der Waals surface area contributed by atoms with Crippen molar-refractivity contribution in [1.29, 1.82) is 0 Å². The van der Waals surface area contributed by atoms with Crippen LogP contribution >= 0.6 is 34.9 Å². The van der Waals surface area contributed by atoms with Gasteiger partial charge in [-0.15, -0.1) is 10.2 Å². The Balaban J connectivity index is 1.96. The van der Waals surface area contributed by atoms with Crippen molar-refractivity contribution in [2.24, 2.45) is 0 Å². The van der Waals surface area contributed by atoms with Crippen molar-refractivity contribution in [1.82, 2.24) is 10.2 Å². The van der Waals surface area contributed by atoms with Gasteiger partial charge in [0.1, 0.15) is 5.75 Å². The highest BCUT2D eigenvalue weighted by Gasteiger charge is 2.10. The Labute approximate surface area is 124 Å². The molecule has 1 aromatic heterocycles. The van der Waals surface area contributed by atoms with Crippen LogP contribution in [0.25, 0.3) is 0 Å².